The van der Waals surface area contributed by atoms with Gasteiger partial charge in [-0.1, -0.05) is 29.3 Å². The van der Waals surface area contributed by atoms with Gasteiger partial charge in [0.15, 0.2) is 5.82 Å². The lowest BCUT2D eigenvalue weighted by molar-refractivity contribution is 1.14. The van der Waals surface area contributed by atoms with Crippen molar-refractivity contribution >= 4 is 57.3 Å². The van der Waals surface area contributed by atoms with Gasteiger partial charge in [0.25, 0.3) is 0 Å². The first kappa shape index (κ1) is 15.5. The number of anilines is 2. The number of halogens is 3. The molecule has 0 saturated carbocycles. The molecule has 3 rings (SSSR count). The zero-order valence-corrected chi connectivity index (χ0v) is 14.8. The molecule has 0 aliphatic heterocycles. The smallest absolute Gasteiger partial charge is 0.181 e. The Morgan fingerprint density at radius 3 is 2.59 bits per heavy atom. The number of hydrogen-bond donors (Lipinski definition) is 1. The van der Waals surface area contributed by atoms with Gasteiger partial charge in [0.05, 0.1) is 10.7 Å². The van der Waals surface area contributed by atoms with E-state index < -0.39 is 0 Å². The van der Waals surface area contributed by atoms with E-state index in [0.29, 0.717) is 27.5 Å². The van der Waals surface area contributed by atoms with Crippen LogP contribution in [0.25, 0.3) is 11.5 Å². The van der Waals surface area contributed by atoms with Gasteiger partial charge in [0, 0.05) is 15.8 Å². The number of nitrogens with one attached hydrogen (secondary N) is 1. The standard InChI is InChI=1S/C15H9Cl2IN4/c16-10-7-9(18)4-5-11(10)20-14-8-13(17)21-15(22-14)12-3-1-2-6-19-12/h1-8H,(H,20,21,22). The lowest BCUT2D eigenvalue weighted by atomic mass is 10.3. The van der Waals surface area contributed by atoms with Crippen LogP contribution in [0.5, 0.6) is 0 Å². The summed E-state index contributed by atoms with van der Waals surface area (Å²) in [7, 11) is 0. The summed E-state index contributed by atoms with van der Waals surface area (Å²) in [5.74, 6) is 1.01. The lowest BCUT2D eigenvalue weighted by Gasteiger charge is -2.09. The van der Waals surface area contributed by atoms with E-state index in [0.717, 1.165) is 9.26 Å². The van der Waals surface area contributed by atoms with Crippen LogP contribution in [0.1, 0.15) is 0 Å². The third kappa shape index (κ3) is 3.66. The second-order valence-electron chi connectivity index (χ2n) is 4.36. The third-order valence-electron chi connectivity index (χ3n) is 2.78. The molecule has 0 amide bonds. The van der Waals surface area contributed by atoms with E-state index >= 15 is 0 Å². The largest absolute Gasteiger partial charge is 0.339 e. The third-order valence-corrected chi connectivity index (χ3v) is 3.96. The molecule has 0 bridgehead atoms. The van der Waals surface area contributed by atoms with Crippen molar-refractivity contribution in [2.45, 2.75) is 0 Å². The average molecular weight is 443 g/mol. The van der Waals surface area contributed by atoms with Gasteiger partial charge in [-0.2, -0.15) is 0 Å². The Morgan fingerprint density at radius 1 is 1.00 bits per heavy atom. The van der Waals surface area contributed by atoms with Gasteiger partial charge in [-0.15, -0.1) is 0 Å². The molecule has 22 heavy (non-hydrogen) atoms. The van der Waals surface area contributed by atoms with Crippen molar-refractivity contribution in [1.29, 1.82) is 0 Å². The maximum absolute atomic E-state index is 6.22. The molecule has 0 spiro atoms. The Morgan fingerprint density at radius 2 is 1.86 bits per heavy atom. The summed E-state index contributed by atoms with van der Waals surface area (Å²) < 4.78 is 1.06. The molecule has 1 aromatic carbocycles. The fraction of sp³-hybridized carbons (Fsp3) is 0. The van der Waals surface area contributed by atoms with Crippen LogP contribution in [-0.4, -0.2) is 15.0 Å². The van der Waals surface area contributed by atoms with Crippen LogP contribution in [0.2, 0.25) is 10.2 Å². The molecule has 0 saturated heterocycles. The van der Waals surface area contributed by atoms with Crippen LogP contribution >= 0.6 is 45.8 Å². The first-order chi connectivity index (χ1) is 10.6. The summed E-state index contributed by atoms with van der Waals surface area (Å²) >= 11 is 14.5. The summed E-state index contributed by atoms with van der Waals surface area (Å²) in [4.78, 5) is 12.9. The van der Waals surface area contributed by atoms with Crippen molar-refractivity contribution < 1.29 is 0 Å². The van der Waals surface area contributed by atoms with E-state index in [1.165, 1.54) is 0 Å². The van der Waals surface area contributed by atoms with Crippen LogP contribution in [0.3, 0.4) is 0 Å². The quantitative estimate of drug-likeness (QED) is 0.447. The van der Waals surface area contributed by atoms with Crippen molar-refractivity contribution in [2.24, 2.45) is 0 Å². The monoisotopic (exact) mass is 442 g/mol. The molecule has 0 unspecified atom stereocenters. The fourth-order valence-corrected chi connectivity index (χ4v) is 2.91. The van der Waals surface area contributed by atoms with Crippen LogP contribution in [-0.2, 0) is 0 Å². The highest BCUT2D eigenvalue weighted by Gasteiger charge is 2.08. The zero-order chi connectivity index (χ0) is 15.5. The van der Waals surface area contributed by atoms with Crippen molar-refractivity contribution in [3.05, 3.63) is 62.4 Å². The highest BCUT2D eigenvalue weighted by Crippen LogP contribution is 2.28. The topological polar surface area (TPSA) is 50.7 Å². The van der Waals surface area contributed by atoms with E-state index in [9.17, 15) is 0 Å². The average Bonchev–Trinajstić information content (AvgIpc) is 2.50. The second kappa shape index (κ2) is 6.76. The maximum Gasteiger partial charge on any atom is 0.181 e. The summed E-state index contributed by atoms with van der Waals surface area (Å²) in [6.45, 7) is 0. The van der Waals surface area contributed by atoms with Gasteiger partial charge in [-0.25, -0.2) is 9.97 Å². The molecule has 7 heteroatoms. The van der Waals surface area contributed by atoms with E-state index in [4.69, 9.17) is 23.2 Å². The molecule has 4 nitrogen and oxygen atoms in total. The van der Waals surface area contributed by atoms with Crippen LogP contribution in [0.15, 0.2) is 48.7 Å². The molecule has 0 atom stereocenters. The van der Waals surface area contributed by atoms with Crippen molar-refractivity contribution in [3.63, 3.8) is 0 Å². The Kier molecular flexibility index (Phi) is 4.75. The van der Waals surface area contributed by atoms with Crippen LogP contribution < -0.4 is 5.32 Å². The van der Waals surface area contributed by atoms with E-state index in [-0.39, 0.29) is 0 Å². The molecule has 2 aromatic heterocycles. The molecule has 0 aliphatic rings. The van der Waals surface area contributed by atoms with Gasteiger partial charge in [0.2, 0.25) is 0 Å². The van der Waals surface area contributed by atoms with Crippen LogP contribution in [0.4, 0.5) is 11.5 Å². The van der Waals surface area contributed by atoms with Gasteiger partial charge in [0.1, 0.15) is 16.7 Å². The molecule has 0 fully saturated rings. The van der Waals surface area contributed by atoms with Crippen molar-refractivity contribution in [2.75, 3.05) is 5.32 Å². The highest BCUT2D eigenvalue weighted by molar-refractivity contribution is 14.1. The number of nitrogens with zero attached hydrogens (tertiary/aromatic N) is 3. The summed E-state index contributed by atoms with van der Waals surface area (Å²) in [6, 6.07) is 12.9. The Bertz CT molecular complexity index is 812. The first-order valence-corrected chi connectivity index (χ1v) is 8.13. The SMILES string of the molecule is Clc1cc(Nc2ccc(I)cc2Cl)nc(-c2ccccn2)n1. The van der Waals surface area contributed by atoms with Gasteiger partial charge < -0.3 is 5.32 Å². The minimum absolute atomic E-state index is 0.333. The number of aromatic nitrogens is 3. The molecule has 110 valence electrons. The Hall–Kier alpha value is -1.44. The van der Waals surface area contributed by atoms with Gasteiger partial charge in [-0.3, -0.25) is 4.98 Å². The number of pyridine rings is 1. The maximum atomic E-state index is 6.22. The molecule has 3 aromatic rings. The predicted octanol–water partition coefficient (Wildman–Crippen LogP) is 5.19. The minimum Gasteiger partial charge on any atom is -0.339 e. The van der Waals surface area contributed by atoms with Gasteiger partial charge >= 0.3 is 0 Å². The number of hydrogen-bond acceptors (Lipinski definition) is 4. The van der Waals surface area contributed by atoms with Crippen molar-refractivity contribution in [3.8, 4) is 11.5 Å². The fourth-order valence-electron chi connectivity index (χ4n) is 1.82. The Labute approximate surface area is 151 Å². The molecule has 0 radical (unpaired) electrons. The molecule has 2 heterocycles. The second-order valence-corrected chi connectivity index (χ2v) is 6.40. The normalized spacial score (nSPS) is 10.5. The summed E-state index contributed by atoms with van der Waals surface area (Å²) in [6.07, 6.45) is 1.68. The highest BCUT2D eigenvalue weighted by atomic mass is 127. The summed E-state index contributed by atoms with van der Waals surface area (Å²) in [5, 5.41) is 4.10. The minimum atomic E-state index is 0.333. The molecular weight excluding hydrogens is 434 g/mol. The van der Waals surface area contributed by atoms with E-state index in [1.807, 2.05) is 36.4 Å². The van der Waals surface area contributed by atoms with E-state index in [1.54, 1.807) is 12.3 Å². The molecule has 0 aliphatic carbocycles. The van der Waals surface area contributed by atoms with E-state index in [2.05, 4.69) is 42.9 Å². The number of rotatable bonds is 3. The van der Waals surface area contributed by atoms with Gasteiger partial charge in [-0.05, 0) is 52.9 Å². The number of benzene rings is 1. The van der Waals surface area contributed by atoms with Crippen LogP contribution in [0, 0.1) is 3.57 Å². The zero-order valence-electron chi connectivity index (χ0n) is 11.1. The molecule has 1 N–H and O–H groups in total. The predicted molar refractivity (Wildman–Crippen MR) is 97.7 cm³/mol. The Balaban J connectivity index is 1.96. The summed E-state index contributed by atoms with van der Waals surface area (Å²) in [5.41, 5.74) is 1.41. The lowest BCUT2D eigenvalue weighted by Crippen LogP contribution is -1.99. The van der Waals surface area contributed by atoms with Crippen molar-refractivity contribution in [1.82, 2.24) is 15.0 Å². The molecular formula is C15H9Cl2IN4. The first-order valence-electron chi connectivity index (χ1n) is 6.30.